The second-order valence-electron chi connectivity index (χ2n) is 5.01. The van der Waals surface area contributed by atoms with E-state index in [2.05, 4.69) is 16.4 Å². The molecule has 0 saturated carbocycles. The molecule has 2 aromatic heterocycles. The van der Waals surface area contributed by atoms with Gasteiger partial charge in [-0.3, -0.25) is 4.79 Å². The van der Waals surface area contributed by atoms with Gasteiger partial charge in [-0.05, 0) is 42.1 Å². The first-order valence-electron chi connectivity index (χ1n) is 7.13. The van der Waals surface area contributed by atoms with Crippen molar-refractivity contribution >= 4 is 28.6 Å². The minimum Gasteiger partial charge on any atom is -0.487 e. The van der Waals surface area contributed by atoms with E-state index in [1.54, 1.807) is 29.0 Å². The van der Waals surface area contributed by atoms with E-state index < -0.39 is 0 Å². The van der Waals surface area contributed by atoms with E-state index in [4.69, 9.17) is 4.74 Å². The van der Waals surface area contributed by atoms with E-state index in [1.807, 2.05) is 29.8 Å². The number of aromatic nitrogens is 1. The number of hydrogen-bond donors (Lipinski definition) is 1. The second kappa shape index (κ2) is 7.39. The smallest absolute Gasteiger partial charge is 0.251 e. The van der Waals surface area contributed by atoms with Crippen molar-refractivity contribution in [3.8, 4) is 5.75 Å². The minimum atomic E-state index is -0.100. The lowest BCUT2D eigenvalue weighted by molar-refractivity contribution is 0.0951. The van der Waals surface area contributed by atoms with Gasteiger partial charge in [0.15, 0.2) is 0 Å². The van der Waals surface area contributed by atoms with E-state index in [0.29, 0.717) is 24.5 Å². The van der Waals surface area contributed by atoms with Crippen molar-refractivity contribution in [1.82, 2.24) is 10.3 Å². The van der Waals surface area contributed by atoms with Crippen molar-refractivity contribution in [3.63, 3.8) is 0 Å². The number of ether oxygens (including phenoxy) is 1. The first-order chi connectivity index (χ1) is 11.2. The predicted molar refractivity (Wildman–Crippen MR) is 93.1 cm³/mol. The fraction of sp³-hybridized carbons (Fsp3) is 0.176. The van der Waals surface area contributed by atoms with Gasteiger partial charge >= 0.3 is 0 Å². The van der Waals surface area contributed by atoms with Crippen LogP contribution in [0.25, 0.3) is 0 Å². The Labute approximate surface area is 142 Å². The molecule has 0 fully saturated rings. The maximum absolute atomic E-state index is 12.3. The highest BCUT2D eigenvalue weighted by Crippen LogP contribution is 2.17. The number of nitrogens with one attached hydrogen (secondary N) is 1. The van der Waals surface area contributed by atoms with Crippen LogP contribution in [-0.2, 0) is 13.2 Å². The number of amides is 1. The Morgan fingerprint density at radius 3 is 3.00 bits per heavy atom. The lowest BCUT2D eigenvalue weighted by Gasteiger charge is -2.08. The van der Waals surface area contributed by atoms with Gasteiger partial charge < -0.3 is 10.1 Å². The van der Waals surface area contributed by atoms with E-state index in [0.717, 1.165) is 5.69 Å². The van der Waals surface area contributed by atoms with Crippen molar-refractivity contribution in [3.05, 3.63) is 68.3 Å². The van der Waals surface area contributed by atoms with Crippen molar-refractivity contribution < 1.29 is 9.53 Å². The summed E-state index contributed by atoms with van der Waals surface area (Å²) in [7, 11) is 0. The third-order valence-corrected chi connectivity index (χ3v) is 5.00. The number of rotatable bonds is 6. The first kappa shape index (κ1) is 15.7. The summed E-state index contributed by atoms with van der Waals surface area (Å²) in [5.74, 6) is 0.565. The highest BCUT2D eigenvalue weighted by atomic mass is 32.1. The number of carbonyl (C=O) groups is 1. The van der Waals surface area contributed by atoms with Crippen molar-refractivity contribution in [2.24, 2.45) is 0 Å². The lowest BCUT2D eigenvalue weighted by Crippen LogP contribution is -2.22. The summed E-state index contributed by atoms with van der Waals surface area (Å²) in [5.41, 5.74) is 4.46. The summed E-state index contributed by atoms with van der Waals surface area (Å²) < 4.78 is 5.68. The first-order valence-corrected chi connectivity index (χ1v) is 8.96. The Hall–Kier alpha value is -2.18. The van der Waals surface area contributed by atoms with Gasteiger partial charge in [0.2, 0.25) is 0 Å². The average molecular weight is 344 g/mol. The molecule has 3 aromatic rings. The molecule has 0 unspecified atom stereocenters. The SMILES string of the molecule is Cc1ccsc1CNC(=O)c1cccc(OCc2cscn2)c1. The molecule has 1 amide bonds. The predicted octanol–water partition coefficient (Wildman–Crippen LogP) is 4.02. The lowest BCUT2D eigenvalue weighted by atomic mass is 10.2. The summed E-state index contributed by atoms with van der Waals surface area (Å²) in [6, 6.07) is 9.25. The molecule has 3 rings (SSSR count). The third-order valence-electron chi connectivity index (χ3n) is 3.34. The number of nitrogens with zero attached hydrogens (tertiary/aromatic N) is 1. The van der Waals surface area contributed by atoms with Gasteiger partial charge in [-0.25, -0.2) is 4.98 Å². The summed E-state index contributed by atoms with van der Waals surface area (Å²) >= 11 is 3.19. The Kier molecular flexibility index (Phi) is 5.05. The second-order valence-corrected chi connectivity index (χ2v) is 6.73. The summed E-state index contributed by atoms with van der Waals surface area (Å²) in [6.45, 7) is 3.00. The van der Waals surface area contributed by atoms with Crippen LogP contribution >= 0.6 is 22.7 Å². The largest absolute Gasteiger partial charge is 0.487 e. The van der Waals surface area contributed by atoms with E-state index >= 15 is 0 Å². The number of benzene rings is 1. The highest BCUT2D eigenvalue weighted by molar-refractivity contribution is 7.10. The molecular weight excluding hydrogens is 328 g/mol. The Morgan fingerprint density at radius 2 is 2.26 bits per heavy atom. The standard InChI is InChI=1S/C17H16N2O2S2/c1-12-5-6-23-16(12)8-18-17(20)13-3-2-4-15(7-13)21-9-14-10-22-11-19-14/h2-7,10-11H,8-9H2,1H3,(H,18,20). The average Bonchev–Trinajstić information content (AvgIpc) is 3.22. The normalized spacial score (nSPS) is 10.5. The molecule has 0 atom stereocenters. The quantitative estimate of drug-likeness (QED) is 0.735. The van der Waals surface area contributed by atoms with Crippen molar-refractivity contribution in [1.29, 1.82) is 0 Å². The molecule has 0 aliphatic rings. The molecule has 4 nitrogen and oxygen atoms in total. The molecule has 1 aromatic carbocycles. The van der Waals surface area contributed by atoms with Crippen LogP contribution in [-0.4, -0.2) is 10.9 Å². The fourth-order valence-electron chi connectivity index (χ4n) is 2.04. The van der Waals surface area contributed by atoms with E-state index in [9.17, 15) is 4.79 Å². The highest BCUT2D eigenvalue weighted by Gasteiger charge is 2.08. The van der Waals surface area contributed by atoms with Gasteiger partial charge in [-0.1, -0.05) is 6.07 Å². The van der Waals surface area contributed by atoms with Gasteiger partial charge in [0, 0.05) is 15.8 Å². The maximum Gasteiger partial charge on any atom is 0.251 e. The van der Waals surface area contributed by atoms with Crippen molar-refractivity contribution in [2.45, 2.75) is 20.1 Å². The molecule has 2 heterocycles. The molecular formula is C17H16N2O2S2. The number of aryl methyl sites for hydroxylation is 1. The van der Waals surface area contributed by atoms with Crippen LogP contribution in [0.15, 0.2) is 46.6 Å². The molecule has 1 N–H and O–H groups in total. The minimum absolute atomic E-state index is 0.100. The van der Waals surface area contributed by atoms with Crippen molar-refractivity contribution in [2.75, 3.05) is 0 Å². The topological polar surface area (TPSA) is 51.2 Å². The molecule has 118 valence electrons. The molecule has 23 heavy (non-hydrogen) atoms. The summed E-state index contributed by atoms with van der Waals surface area (Å²) in [5, 5.41) is 6.92. The van der Waals surface area contributed by atoms with Gasteiger partial charge in [-0.15, -0.1) is 22.7 Å². The molecule has 0 bridgehead atoms. The molecule has 0 radical (unpaired) electrons. The van der Waals surface area contributed by atoms with Gasteiger partial charge in [0.1, 0.15) is 12.4 Å². The maximum atomic E-state index is 12.3. The number of hydrogen-bond acceptors (Lipinski definition) is 5. The number of carbonyl (C=O) groups excluding carboxylic acids is 1. The zero-order chi connectivity index (χ0) is 16.1. The van der Waals surface area contributed by atoms with Crippen LogP contribution in [0.4, 0.5) is 0 Å². The van der Waals surface area contributed by atoms with Crippen LogP contribution in [0.3, 0.4) is 0 Å². The third kappa shape index (κ3) is 4.18. The summed E-state index contributed by atoms with van der Waals surface area (Å²) in [4.78, 5) is 17.6. The van der Waals surface area contributed by atoms with Crippen LogP contribution in [0.1, 0.15) is 26.5 Å². The van der Waals surface area contributed by atoms with Crippen LogP contribution in [0, 0.1) is 6.92 Å². The molecule has 0 spiro atoms. The Balaban J connectivity index is 1.59. The monoisotopic (exact) mass is 344 g/mol. The zero-order valence-electron chi connectivity index (χ0n) is 12.6. The molecule has 6 heteroatoms. The van der Waals surface area contributed by atoms with E-state index in [1.165, 1.54) is 21.8 Å². The molecule has 0 aliphatic heterocycles. The van der Waals surface area contributed by atoms with Gasteiger partial charge in [0.25, 0.3) is 5.91 Å². The Bertz CT molecular complexity index is 782. The number of thiazole rings is 1. The van der Waals surface area contributed by atoms with Gasteiger partial charge in [-0.2, -0.15) is 0 Å². The van der Waals surface area contributed by atoms with E-state index in [-0.39, 0.29) is 5.91 Å². The van der Waals surface area contributed by atoms with Crippen LogP contribution in [0.5, 0.6) is 5.75 Å². The van der Waals surface area contributed by atoms with Crippen LogP contribution in [0.2, 0.25) is 0 Å². The number of thiophene rings is 1. The van der Waals surface area contributed by atoms with Gasteiger partial charge in [0.05, 0.1) is 17.7 Å². The fourth-order valence-corrected chi connectivity index (χ4v) is 3.43. The molecule has 0 aliphatic carbocycles. The Morgan fingerprint density at radius 1 is 1.35 bits per heavy atom. The summed E-state index contributed by atoms with van der Waals surface area (Å²) in [6.07, 6.45) is 0. The molecule has 0 saturated heterocycles. The van der Waals surface area contributed by atoms with Crippen LogP contribution < -0.4 is 10.1 Å². The zero-order valence-corrected chi connectivity index (χ0v) is 14.2.